The molecule has 0 saturated carbocycles. The van der Waals surface area contributed by atoms with Crippen molar-refractivity contribution in [3.8, 4) is 0 Å². The summed E-state index contributed by atoms with van der Waals surface area (Å²) in [6.07, 6.45) is 0.113. The molecule has 1 rings (SSSR count). The van der Waals surface area contributed by atoms with E-state index in [2.05, 4.69) is 18.8 Å². The molecule has 1 aliphatic rings. The molecular formula is C9H16N2O2. The fourth-order valence-corrected chi connectivity index (χ4v) is 1.64. The minimum Gasteiger partial charge on any atom is -0.436 e. The van der Waals surface area contributed by atoms with E-state index in [0.717, 1.165) is 6.42 Å². The molecule has 0 aromatic rings. The Morgan fingerprint density at radius 1 is 1.54 bits per heavy atom. The average Bonchev–Trinajstić information content (AvgIpc) is 2.28. The van der Waals surface area contributed by atoms with Crippen molar-refractivity contribution >= 4 is 11.9 Å². The smallest absolute Gasteiger partial charge is 0.436 e. The Morgan fingerprint density at radius 2 is 2.15 bits per heavy atom. The summed E-state index contributed by atoms with van der Waals surface area (Å²) in [5, 5.41) is 0. The highest BCUT2D eigenvalue weighted by Crippen LogP contribution is 2.20. The van der Waals surface area contributed by atoms with Crippen molar-refractivity contribution in [1.29, 1.82) is 0 Å². The number of carbonyl (C=O) groups is 1. The van der Waals surface area contributed by atoms with Crippen molar-refractivity contribution in [1.82, 2.24) is 0 Å². The van der Waals surface area contributed by atoms with Gasteiger partial charge in [0.2, 0.25) is 0 Å². The molecule has 1 aliphatic heterocycles. The van der Waals surface area contributed by atoms with Crippen LogP contribution in [0.4, 0.5) is 4.79 Å². The summed E-state index contributed by atoms with van der Waals surface area (Å²) in [5.74, 6) is 1.13. The van der Waals surface area contributed by atoms with Crippen molar-refractivity contribution < 1.29 is 9.53 Å². The van der Waals surface area contributed by atoms with E-state index >= 15 is 0 Å². The molecule has 0 saturated heterocycles. The second-order valence-corrected chi connectivity index (χ2v) is 3.95. The van der Waals surface area contributed by atoms with Gasteiger partial charge in [0.15, 0.2) is 6.10 Å². The van der Waals surface area contributed by atoms with Gasteiger partial charge in [-0.15, -0.1) is 0 Å². The maximum absolute atomic E-state index is 10.8. The summed E-state index contributed by atoms with van der Waals surface area (Å²) in [6, 6.07) is 0. The maximum Gasteiger partial charge on any atom is 0.436 e. The molecule has 0 radical (unpaired) electrons. The van der Waals surface area contributed by atoms with Gasteiger partial charge in [-0.25, -0.2) is 4.79 Å². The van der Waals surface area contributed by atoms with Crippen molar-refractivity contribution in [2.45, 2.75) is 33.3 Å². The van der Waals surface area contributed by atoms with Gasteiger partial charge in [0, 0.05) is 5.92 Å². The summed E-state index contributed by atoms with van der Waals surface area (Å²) in [4.78, 5) is 14.3. The third-order valence-corrected chi connectivity index (χ3v) is 2.10. The number of rotatable bonds is 3. The predicted octanol–water partition coefficient (Wildman–Crippen LogP) is 1.54. The Kier molecular flexibility index (Phi) is 2.90. The Labute approximate surface area is 78.2 Å². The van der Waals surface area contributed by atoms with Crippen LogP contribution < -0.4 is 5.73 Å². The van der Waals surface area contributed by atoms with Crippen LogP contribution in [0.3, 0.4) is 0 Å². The lowest BCUT2D eigenvalue weighted by Gasteiger charge is -2.19. The fourth-order valence-electron chi connectivity index (χ4n) is 1.64. The number of hydrogen-bond donors (Lipinski definition) is 1. The number of hydrogen-bond acceptors (Lipinski definition) is 3. The van der Waals surface area contributed by atoms with Gasteiger partial charge >= 0.3 is 6.09 Å². The predicted molar refractivity (Wildman–Crippen MR) is 50.5 cm³/mol. The first-order chi connectivity index (χ1) is 6.00. The van der Waals surface area contributed by atoms with Crippen LogP contribution in [0, 0.1) is 11.8 Å². The fraction of sp³-hybridized carbons (Fsp3) is 0.778. The van der Waals surface area contributed by atoms with Gasteiger partial charge in [-0.2, -0.15) is 4.99 Å². The molecule has 0 aliphatic carbocycles. The zero-order chi connectivity index (χ0) is 10.0. The summed E-state index contributed by atoms with van der Waals surface area (Å²) >= 11 is 0. The molecule has 13 heavy (non-hydrogen) atoms. The zero-order valence-corrected chi connectivity index (χ0v) is 8.28. The van der Waals surface area contributed by atoms with Gasteiger partial charge < -0.3 is 10.5 Å². The Balaban J connectivity index is 2.54. The summed E-state index contributed by atoms with van der Waals surface area (Å²) in [6.45, 7) is 6.27. The summed E-state index contributed by atoms with van der Waals surface area (Å²) in [7, 11) is 0. The molecule has 0 bridgehead atoms. The highest BCUT2D eigenvalue weighted by Gasteiger charge is 2.31. The van der Waals surface area contributed by atoms with Crippen LogP contribution in [0.15, 0.2) is 4.99 Å². The lowest BCUT2D eigenvalue weighted by molar-refractivity contribution is 0.117. The molecule has 74 valence electrons. The minimum atomic E-state index is -0.557. The van der Waals surface area contributed by atoms with Crippen molar-refractivity contribution in [3.05, 3.63) is 0 Å². The van der Waals surface area contributed by atoms with E-state index in [1.807, 2.05) is 6.92 Å². The van der Waals surface area contributed by atoms with Gasteiger partial charge in [0.25, 0.3) is 0 Å². The van der Waals surface area contributed by atoms with Gasteiger partial charge in [-0.3, -0.25) is 0 Å². The van der Waals surface area contributed by atoms with E-state index in [0.29, 0.717) is 11.8 Å². The Morgan fingerprint density at radius 3 is 2.54 bits per heavy atom. The highest BCUT2D eigenvalue weighted by atomic mass is 16.6. The summed E-state index contributed by atoms with van der Waals surface area (Å²) in [5.41, 5.74) is 5.55. The number of nitrogens with two attached hydrogens (primary N) is 1. The third-order valence-electron chi connectivity index (χ3n) is 2.10. The maximum atomic E-state index is 10.8. The second-order valence-electron chi connectivity index (χ2n) is 3.95. The molecular weight excluding hydrogens is 168 g/mol. The second kappa shape index (κ2) is 3.77. The number of amides is 1. The van der Waals surface area contributed by atoms with E-state index in [1.54, 1.807) is 0 Å². The van der Waals surface area contributed by atoms with Crippen LogP contribution in [0.25, 0.3) is 0 Å². The van der Waals surface area contributed by atoms with Crippen LogP contribution in [0.1, 0.15) is 27.2 Å². The van der Waals surface area contributed by atoms with E-state index in [4.69, 9.17) is 10.5 Å². The van der Waals surface area contributed by atoms with Crippen molar-refractivity contribution in [3.63, 3.8) is 0 Å². The molecule has 2 N–H and O–H groups in total. The minimum absolute atomic E-state index is 0.246. The number of nitrogens with zero attached hydrogens (tertiary/aromatic N) is 1. The van der Waals surface area contributed by atoms with E-state index in [-0.39, 0.29) is 12.0 Å². The molecule has 1 heterocycles. The van der Waals surface area contributed by atoms with E-state index in [9.17, 15) is 4.79 Å². The first-order valence-electron chi connectivity index (χ1n) is 4.55. The molecule has 0 spiro atoms. The quantitative estimate of drug-likeness (QED) is 0.723. The third kappa shape index (κ3) is 2.44. The molecule has 4 nitrogen and oxygen atoms in total. The molecule has 0 aromatic heterocycles. The Bertz CT molecular complexity index is 236. The first-order valence-corrected chi connectivity index (χ1v) is 4.55. The van der Waals surface area contributed by atoms with Gasteiger partial charge in [-0.1, -0.05) is 20.8 Å². The lowest BCUT2D eigenvalue weighted by Crippen LogP contribution is -2.33. The normalized spacial score (nSPS) is 24.5. The van der Waals surface area contributed by atoms with Crippen LogP contribution >= 0.6 is 0 Å². The van der Waals surface area contributed by atoms with Gasteiger partial charge in [0.05, 0.1) is 0 Å². The van der Waals surface area contributed by atoms with Crippen LogP contribution in [-0.4, -0.2) is 18.0 Å². The van der Waals surface area contributed by atoms with Gasteiger partial charge in [-0.05, 0) is 12.3 Å². The largest absolute Gasteiger partial charge is 0.436 e. The van der Waals surface area contributed by atoms with Gasteiger partial charge in [0.1, 0.15) is 5.84 Å². The van der Waals surface area contributed by atoms with Crippen LogP contribution in [0.2, 0.25) is 0 Å². The number of carbonyl (C=O) groups excluding carboxylic acids is 1. The summed E-state index contributed by atoms with van der Waals surface area (Å²) < 4.78 is 4.97. The first kappa shape index (κ1) is 10.0. The van der Waals surface area contributed by atoms with Crippen molar-refractivity contribution in [2.24, 2.45) is 22.6 Å². The number of aliphatic imine (C=N–C) groups is 1. The molecule has 2 atom stereocenters. The number of cyclic esters (lactones) is 1. The zero-order valence-electron chi connectivity index (χ0n) is 8.28. The average molecular weight is 184 g/mol. The van der Waals surface area contributed by atoms with Crippen LogP contribution in [0.5, 0.6) is 0 Å². The molecule has 0 fully saturated rings. The molecule has 1 amide bonds. The number of amidine groups is 1. The number of ether oxygens (including phenoxy) is 1. The monoisotopic (exact) mass is 184 g/mol. The molecule has 4 heteroatoms. The van der Waals surface area contributed by atoms with E-state index in [1.165, 1.54) is 0 Å². The molecule has 2 unspecified atom stereocenters. The topological polar surface area (TPSA) is 64.7 Å². The molecule has 0 aromatic carbocycles. The SMILES string of the molecule is CC(C)CC(C)C1OC(=O)N=C1N. The highest BCUT2D eigenvalue weighted by molar-refractivity contribution is 5.98. The van der Waals surface area contributed by atoms with Crippen LogP contribution in [-0.2, 0) is 4.74 Å². The van der Waals surface area contributed by atoms with E-state index < -0.39 is 6.09 Å². The van der Waals surface area contributed by atoms with Crippen molar-refractivity contribution in [2.75, 3.05) is 0 Å². The Hall–Kier alpha value is -1.06. The standard InChI is InChI=1S/C9H16N2O2/c1-5(2)4-6(3)7-8(10)11-9(12)13-7/h5-7H,4H2,1-3H3,(H2,10,11,12). The lowest BCUT2D eigenvalue weighted by atomic mass is 9.93.